The van der Waals surface area contributed by atoms with Gasteiger partial charge >= 0.3 is 0 Å². The van der Waals surface area contributed by atoms with E-state index >= 15 is 0 Å². The lowest BCUT2D eigenvalue weighted by atomic mass is 10.1. The van der Waals surface area contributed by atoms with Crippen LogP contribution in [0.1, 0.15) is 46.5 Å². The van der Waals surface area contributed by atoms with Crippen molar-refractivity contribution in [3.8, 4) is 0 Å². The van der Waals surface area contributed by atoms with Crippen LogP contribution in [0, 0.1) is 5.92 Å². The van der Waals surface area contributed by atoms with Crippen molar-refractivity contribution in [2.24, 2.45) is 16.6 Å². The van der Waals surface area contributed by atoms with Crippen molar-refractivity contribution < 1.29 is 0 Å². The molecule has 0 saturated heterocycles. The molecule has 3 heteroatoms. The maximum Gasteiger partial charge on any atom is 0.0972 e. The molecule has 0 heterocycles. The molecule has 0 radical (unpaired) electrons. The Morgan fingerprint density at radius 2 is 1.88 bits per heavy atom. The van der Waals surface area contributed by atoms with Gasteiger partial charge in [-0.2, -0.15) is 0 Å². The maximum atomic E-state index is 6.07. The van der Waals surface area contributed by atoms with Gasteiger partial charge in [0.25, 0.3) is 0 Å². The van der Waals surface area contributed by atoms with Gasteiger partial charge in [-0.25, -0.2) is 0 Å². The molecule has 1 rings (SSSR count). The van der Waals surface area contributed by atoms with E-state index in [0.717, 1.165) is 25.5 Å². The summed E-state index contributed by atoms with van der Waals surface area (Å²) in [6, 6.07) is 0.334. The minimum Gasteiger partial charge on any atom is -0.387 e. The molecule has 1 unspecified atom stereocenters. The maximum absolute atomic E-state index is 6.07. The summed E-state index contributed by atoms with van der Waals surface area (Å²) in [5.74, 6) is 1.47. The van der Waals surface area contributed by atoms with E-state index in [-0.39, 0.29) is 0 Å². The van der Waals surface area contributed by atoms with Gasteiger partial charge in [0.15, 0.2) is 0 Å². The second kappa shape index (κ2) is 6.89. The molecule has 94 valence electrons. The van der Waals surface area contributed by atoms with Gasteiger partial charge in [-0.15, -0.1) is 0 Å². The van der Waals surface area contributed by atoms with Crippen LogP contribution in [0.3, 0.4) is 0 Å². The Hall–Kier alpha value is -0.570. The molecular formula is C13H27N3. The lowest BCUT2D eigenvalue weighted by Crippen LogP contribution is -2.32. The predicted octanol–water partition coefficient (Wildman–Crippen LogP) is 2.26. The number of nitrogens with two attached hydrogens (primary N) is 1. The molecule has 1 fully saturated rings. The lowest BCUT2D eigenvalue weighted by molar-refractivity contribution is 0.289. The number of aliphatic imine (C=N–C) groups is 1. The Labute approximate surface area is 100 Å². The molecule has 16 heavy (non-hydrogen) atoms. The Morgan fingerprint density at radius 1 is 1.31 bits per heavy atom. The zero-order valence-corrected chi connectivity index (χ0v) is 11.1. The molecule has 1 saturated carbocycles. The third-order valence-electron chi connectivity index (χ3n) is 3.56. The summed E-state index contributed by atoms with van der Waals surface area (Å²) >= 11 is 0. The largest absolute Gasteiger partial charge is 0.387 e. The highest BCUT2D eigenvalue weighted by molar-refractivity contribution is 5.83. The zero-order chi connectivity index (χ0) is 12.0. The highest BCUT2D eigenvalue weighted by atomic mass is 15.1. The first-order chi connectivity index (χ1) is 7.67. The van der Waals surface area contributed by atoms with Crippen LogP contribution in [-0.4, -0.2) is 36.4 Å². The van der Waals surface area contributed by atoms with Crippen LogP contribution in [0.25, 0.3) is 0 Å². The van der Waals surface area contributed by atoms with Crippen LogP contribution in [0.4, 0.5) is 0 Å². The fourth-order valence-electron chi connectivity index (χ4n) is 2.48. The second-order valence-electron chi connectivity index (χ2n) is 4.87. The SMILES string of the molecule is CCN(CC)CC(C)N=C(N)C1CCCC1. The summed E-state index contributed by atoms with van der Waals surface area (Å²) in [6.07, 6.45) is 5.14. The van der Waals surface area contributed by atoms with E-state index < -0.39 is 0 Å². The van der Waals surface area contributed by atoms with Gasteiger partial charge in [0.2, 0.25) is 0 Å². The van der Waals surface area contributed by atoms with Gasteiger partial charge in [0.05, 0.1) is 11.9 Å². The molecule has 2 N–H and O–H groups in total. The summed E-state index contributed by atoms with van der Waals surface area (Å²) in [7, 11) is 0. The minimum absolute atomic E-state index is 0.334. The second-order valence-corrected chi connectivity index (χ2v) is 4.87. The van der Waals surface area contributed by atoms with Gasteiger partial charge in [0.1, 0.15) is 0 Å². The monoisotopic (exact) mass is 225 g/mol. The van der Waals surface area contributed by atoms with Crippen LogP contribution in [0.15, 0.2) is 4.99 Å². The van der Waals surface area contributed by atoms with Crippen molar-refractivity contribution in [2.45, 2.75) is 52.5 Å². The number of hydrogen-bond acceptors (Lipinski definition) is 2. The zero-order valence-electron chi connectivity index (χ0n) is 11.1. The molecular weight excluding hydrogens is 198 g/mol. The third-order valence-corrected chi connectivity index (χ3v) is 3.56. The predicted molar refractivity (Wildman–Crippen MR) is 70.8 cm³/mol. The van der Waals surface area contributed by atoms with Crippen molar-refractivity contribution in [3.63, 3.8) is 0 Å². The fraction of sp³-hybridized carbons (Fsp3) is 0.923. The Morgan fingerprint density at radius 3 is 2.38 bits per heavy atom. The van der Waals surface area contributed by atoms with Crippen molar-refractivity contribution in [1.29, 1.82) is 0 Å². The molecule has 0 aromatic rings. The van der Waals surface area contributed by atoms with Crippen molar-refractivity contribution in [1.82, 2.24) is 4.90 Å². The first kappa shape index (κ1) is 13.5. The van der Waals surface area contributed by atoms with Gasteiger partial charge in [-0.05, 0) is 32.9 Å². The number of nitrogens with zero attached hydrogens (tertiary/aromatic N) is 2. The fourth-order valence-corrected chi connectivity index (χ4v) is 2.48. The van der Waals surface area contributed by atoms with Gasteiger partial charge in [-0.1, -0.05) is 26.7 Å². The molecule has 1 atom stereocenters. The molecule has 0 bridgehead atoms. The van der Waals surface area contributed by atoms with Gasteiger partial charge < -0.3 is 10.6 Å². The van der Waals surface area contributed by atoms with Crippen LogP contribution in [0.5, 0.6) is 0 Å². The smallest absolute Gasteiger partial charge is 0.0972 e. The van der Waals surface area contributed by atoms with E-state index in [1.54, 1.807) is 0 Å². The minimum atomic E-state index is 0.334. The van der Waals surface area contributed by atoms with E-state index in [4.69, 9.17) is 5.73 Å². The van der Waals surface area contributed by atoms with Crippen LogP contribution >= 0.6 is 0 Å². The standard InChI is InChI=1S/C13H27N3/c1-4-16(5-2)10-11(3)15-13(14)12-8-6-7-9-12/h11-12H,4-10H2,1-3H3,(H2,14,15). The number of likely N-dealkylation sites (N-methyl/N-ethyl adjacent to an activating group) is 1. The first-order valence-corrected chi connectivity index (χ1v) is 6.72. The molecule has 0 aromatic carbocycles. The molecule has 0 spiro atoms. The topological polar surface area (TPSA) is 41.6 Å². The molecule has 3 nitrogen and oxygen atoms in total. The quantitative estimate of drug-likeness (QED) is 0.556. The third kappa shape index (κ3) is 4.12. The van der Waals surface area contributed by atoms with E-state index in [1.165, 1.54) is 25.7 Å². The van der Waals surface area contributed by atoms with E-state index in [1.807, 2.05) is 0 Å². The van der Waals surface area contributed by atoms with Crippen LogP contribution in [-0.2, 0) is 0 Å². The molecule has 1 aliphatic carbocycles. The Bertz CT molecular complexity index is 215. The van der Waals surface area contributed by atoms with E-state index in [2.05, 4.69) is 30.7 Å². The van der Waals surface area contributed by atoms with E-state index in [9.17, 15) is 0 Å². The number of amidine groups is 1. The van der Waals surface area contributed by atoms with Gasteiger partial charge in [-0.3, -0.25) is 4.99 Å². The lowest BCUT2D eigenvalue weighted by Gasteiger charge is -2.21. The molecule has 1 aliphatic rings. The van der Waals surface area contributed by atoms with Crippen LogP contribution in [0.2, 0.25) is 0 Å². The summed E-state index contributed by atoms with van der Waals surface area (Å²) in [4.78, 5) is 7.05. The van der Waals surface area contributed by atoms with Crippen molar-refractivity contribution in [2.75, 3.05) is 19.6 Å². The normalized spacial score (nSPS) is 20.6. The molecule has 0 aliphatic heterocycles. The van der Waals surface area contributed by atoms with Crippen molar-refractivity contribution in [3.05, 3.63) is 0 Å². The number of rotatable bonds is 6. The highest BCUT2D eigenvalue weighted by Crippen LogP contribution is 2.24. The highest BCUT2D eigenvalue weighted by Gasteiger charge is 2.19. The Balaban J connectivity index is 2.41. The van der Waals surface area contributed by atoms with Crippen molar-refractivity contribution >= 4 is 5.84 Å². The summed E-state index contributed by atoms with van der Waals surface area (Å²) < 4.78 is 0. The average Bonchev–Trinajstić information content (AvgIpc) is 2.79. The van der Waals surface area contributed by atoms with Gasteiger partial charge in [0, 0.05) is 12.5 Å². The number of hydrogen-bond donors (Lipinski definition) is 1. The summed E-state index contributed by atoms with van der Waals surface area (Å²) in [6.45, 7) is 9.78. The summed E-state index contributed by atoms with van der Waals surface area (Å²) in [5, 5.41) is 0. The molecule has 0 amide bonds. The Kier molecular flexibility index (Phi) is 5.81. The van der Waals surface area contributed by atoms with Crippen LogP contribution < -0.4 is 5.73 Å². The average molecular weight is 225 g/mol. The van der Waals surface area contributed by atoms with E-state index in [0.29, 0.717) is 12.0 Å². The summed E-state index contributed by atoms with van der Waals surface area (Å²) in [5.41, 5.74) is 6.07. The molecule has 0 aromatic heterocycles. The first-order valence-electron chi connectivity index (χ1n) is 6.72.